The lowest BCUT2D eigenvalue weighted by molar-refractivity contribution is 0.220. The van der Waals surface area contributed by atoms with Crippen LogP contribution >= 0.6 is 27.5 Å². The van der Waals surface area contributed by atoms with Gasteiger partial charge in [0.1, 0.15) is 6.10 Å². The van der Waals surface area contributed by atoms with Crippen molar-refractivity contribution in [3.05, 3.63) is 62.8 Å². The Kier molecular flexibility index (Phi) is 3.82. The number of nitrogens with zero attached hydrogens (tertiary/aromatic N) is 1. The van der Waals surface area contributed by atoms with E-state index in [1.54, 1.807) is 18.5 Å². The predicted molar refractivity (Wildman–Crippen MR) is 72.2 cm³/mol. The second-order valence-corrected chi connectivity index (χ2v) is 5.17. The third-order valence-corrected chi connectivity index (χ3v) is 3.39. The monoisotopic (exact) mass is 311 g/mol. The summed E-state index contributed by atoms with van der Waals surface area (Å²) in [4.78, 5) is 4.03. The largest absolute Gasteiger partial charge is 0.384 e. The lowest BCUT2D eigenvalue weighted by atomic mass is 10.0. The van der Waals surface area contributed by atoms with Crippen molar-refractivity contribution in [1.82, 2.24) is 4.98 Å². The van der Waals surface area contributed by atoms with E-state index in [4.69, 9.17) is 11.6 Å². The van der Waals surface area contributed by atoms with Gasteiger partial charge < -0.3 is 5.11 Å². The van der Waals surface area contributed by atoms with Crippen LogP contribution in [0.3, 0.4) is 0 Å². The van der Waals surface area contributed by atoms with Crippen molar-refractivity contribution in [3.8, 4) is 0 Å². The molecule has 0 amide bonds. The van der Waals surface area contributed by atoms with Gasteiger partial charge in [-0.05, 0) is 46.1 Å². The molecule has 0 bridgehead atoms. The van der Waals surface area contributed by atoms with Crippen molar-refractivity contribution in [2.75, 3.05) is 0 Å². The van der Waals surface area contributed by atoms with Crippen molar-refractivity contribution in [2.24, 2.45) is 0 Å². The molecule has 1 aromatic heterocycles. The van der Waals surface area contributed by atoms with E-state index >= 15 is 0 Å². The summed E-state index contributed by atoms with van der Waals surface area (Å²) in [6, 6.07) is 7.38. The molecular formula is C13H11BrClNO. The first-order chi connectivity index (χ1) is 8.08. The molecule has 88 valence electrons. The van der Waals surface area contributed by atoms with E-state index in [0.29, 0.717) is 5.02 Å². The van der Waals surface area contributed by atoms with Gasteiger partial charge in [0, 0.05) is 27.5 Å². The highest BCUT2D eigenvalue weighted by Gasteiger charge is 2.12. The van der Waals surface area contributed by atoms with Crippen LogP contribution in [0.5, 0.6) is 0 Å². The van der Waals surface area contributed by atoms with Gasteiger partial charge in [-0.25, -0.2) is 0 Å². The van der Waals surface area contributed by atoms with E-state index in [1.165, 1.54) is 0 Å². The number of halogens is 2. The maximum absolute atomic E-state index is 10.2. The highest BCUT2D eigenvalue weighted by atomic mass is 79.9. The number of rotatable bonds is 2. The van der Waals surface area contributed by atoms with Gasteiger partial charge >= 0.3 is 0 Å². The minimum absolute atomic E-state index is 0.657. The molecule has 0 radical (unpaired) electrons. The topological polar surface area (TPSA) is 33.1 Å². The Hall–Kier alpha value is -0.900. The number of hydrogen-bond acceptors (Lipinski definition) is 2. The minimum Gasteiger partial charge on any atom is -0.384 e. The quantitative estimate of drug-likeness (QED) is 0.912. The van der Waals surface area contributed by atoms with Gasteiger partial charge in [-0.15, -0.1) is 0 Å². The molecule has 1 N–H and O–H groups in total. The fourth-order valence-corrected chi connectivity index (χ4v) is 2.12. The summed E-state index contributed by atoms with van der Waals surface area (Å²) < 4.78 is 0.840. The first-order valence-corrected chi connectivity index (χ1v) is 6.29. The first kappa shape index (κ1) is 12.6. The molecule has 1 atom stereocenters. The summed E-state index contributed by atoms with van der Waals surface area (Å²) >= 11 is 9.37. The van der Waals surface area contributed by atoms with Gasteiger partial charge in [-0.2, -0.15) is 0 Å². The van der Waals surface area contributed by atoms with E-state index in [9.17, 15) is 5.11 Å². The van der Waals surface area contributed by atoms with Crippen LogP contribution in [0, 0.1) is 6.92 Å². The fourth-order valence-electron chi connectivity index (χ4n) is 1.55. The summed E-state index contributed by atoms with van der Waals surface area (Å²) in [5.41, 5.74) is 2.50. The molecule has 0 fully saturated rings. The molecule has 2 nitrogen and oxygen atoms in total. The van der Waals surface area contributed by atoms with Gasteiger partial charge in [0.2, 0.25) is 0 Å². The lowest BCUT2D eigenvalue weighted by Gasteiger charge is -2.12. The Bertz CT molecular complexity index is 545. The average molecular weight is 313 g/mol. The molecule has 0 saturated carbocycles. The molecule has 0 aliphatic rings. The van der Waals surface area contributed by atoms with Crippen molar-refractivity contribution < 1.29 is 5.11 Å². The number of aliphatic hydroxyl groups is 1. The Morgan fingerprint density at radius 1 is 1.24 bits per heavy atom. The van der Waals surface area contributed by atoms with Crippen molar-refractivity contribution >= 4 is 27.5 Å². The summed E-state index contributed by atoms with van der Waals surface area (Å²) in [7, 11) is 0. The molecule has 0 spiro atoms. The Morgan fingerprint density at radius 3 is 2.65 bits per heavy atom. The van der Waals surface area contributed by atoms with Crippen LogP contribution in [-0.2, 0) is 0 Å². The van der Waals surface area contributed by atoms with Crippen molar-refractivity contribution in [1.29, 1.82) is 0 Å². The highest BCUT2D eigenvalue weighted by Crippen LogP contribution is 2.26. The van der Waals surface area contributed by atoms with Crippen molar-refractivity contribution in [2.45, 2.75) is 13.0 Å². The second-order valence-electron chi connectivity index (χ2n) is 3.85. The molecule has 2 aromatic rings. The molecule has 0 aliphatic carbocycles. The summed E-state index contributed by atoms with van der Waals surface area (Å²) in [6.45, 7) is 1.93. The maximum atomic E-state index is 10.2. The van der Waals surface area contributed by atoms with Crippen molar-refractivity contribution in [3.63, 3.8) is 0 Å². The second kappa shape index (κ2) is 5.17. The molecule has 1 unspecified atom stereocenters. The third-order valence-electron chi connectivity index (χ3n) is 2.55. The molecule has 2 rings (SSSR count). The Morgan fingerprint density at radius 2 is 2.00 bits per heavy atom. The fraction of sp³-hybridized carbons (Fsp3) is 0.154. The standard InChI is InChI=1S/C13H11BrClNO/c1-8-2-3-9(5-12(8)15)13(17)10-4-11(14)7-16-6-10/h2-7,13,17H,1H3. The van der Waals surface area contributed by atoms with E-state index in [2.05, 4.69) is 20.9 Å². The van der Waals surface area contributed by atoms with Crippen LogP contribution in [0.4, 0.5) is 0 Å². The molecular weight excluding hydrogens is 302 g/mol. The zero-order valence-electron chi connectivity index (χ0n) is 9.19. The number of pyridine rings is 1. The Balaban J connectivity index is 2.36. The number of hydrogen-bond donors (Lipinski definition) is 1. The zero-order chi connectivity index (χ0) is 12.4. The lowest BCUT2D eigenvalue weighted by Crippen LogP contribution is -2.00. The molecule has 1 heterocycles. The third kappa shape index (κ3) is 2.86. The van der Waals surface area contributed by atoms with Crippen LogP contribution in [-0.4, -0.2) is 10.1 Å². The predicted octanol–water partition coefficient (Wildman–Crippen LogP) is 3.89. The highest BCUT2D eigenvalue weighted by molar-refractivity contribution is 9.10. The number of aliphatic hydroxyl groups excluding tert-OH is 1. The van der Waals surface area contributed by atoms with Crippen LogP contribution < -0.4 is 0 Å². The van der Waals surface area contributed by atoms with Gasteiger partial charge in [0.25, 0.3) is 0 Å². The number of benzene rings is 1. The number of aromatic nitrogens is 1. The molecule has 0 aliphatic heterocycles. The Labute approximate surface area is 113 Å². The van der Waals surface area contributed by atoms with E-state index in [-0.39, 0.29) is 0 Å². The molecule has 17 heavy (non-hydrogen) atoms. The van der Waals surface area contributed by atoms with Crippen LogP contribution in [0.15, 0.2) is 41.1 Å². The summed E-state index contributed by atoms with van der Waals surface area (Å²) in [5, 5.41) is 10.9. The zero-order valence-corrected chi connectivity index (χ0v) is 11.5. The SMILES string of the molecule is Cc1ccc(C(O)c2cncc(Br)c2)cc1Cl. The van der Waals surface area contributed by atoms with Gasteiger partial charge in [-0.1, -0.05) is 23.7 Å². The molecule has 4 heteroatoms. The minimum atomic E-state index is -0.710. The normalized spacial score (nSPS) is 12.5. The van der Waals surface area contributed by atoms with E-state index < -0.39 is 6.10 Å². The van der Waals surface area contributed by atoms with E-state index in [0.717, 1.165) is 21.2 Å². The van der Waals surface area contributed by atoms with Gasteiger partial charge in [0.05, 0.1) is 0 Å². The van der Waals surface area contributed by atoms with E-state index in [1.807, 2.05) is 25.1 Å². The van der Waals surface area contributed by atoms with Crippen LogP contribution in [0.1, 0.15) is 22.8 Å². The maximum Gasteiger partial charge on any atom is 0.106 e. The average Bonchev–Trinajstić information content (AvgIpc) is 2.32. The summed E-state index contributed by atoms with van der Waals surface area (Å²) in [6.07, 6.45) is 2.61. The summed E-state index contributed by atoms with van der Waals surface area (Å²) in [5.74, 6) is 0. The first-order valence-electron chi connectivity index (χ1n) is 5.12. The smallest absolute Gasteiger partial charge is 0.106 e. The van der Waals surface area contributed by atoms with Gasteiger partial charge in [0.15, 0.2) is 0 Å². The van der Waals surface area contributed by atoms with Crippen LogP contribution in [0.2, 0.25) is 5.02 Å². The van der Waals surface area contributed by atoms with Crippen LogP contribution in [0.25, 0.3) is 0 Å². The number of aryl methyl sites for hydroxylation is 1. The van der Waals surface area contributed by atoms with Gasteiger partial charge in [-0.3, -0.25) is 4.98 Å². The molecule has 0 saturated heterocycles. The molecule has 1 aromatic carbocycles.